The topological polar surface area (TPSA) is 35.5 Å². The average Bonchev–Trinajstić information content (AvgIpc) is 2.96. The fourth-order valence-corrected chi connectivity index (χ4v) is 6.13. The number of ether oxygens (including phenoxy) is 2. The zero-order valence-corrected chi connectivity index (χ0v) is 16.9. The fourth-order valence-electron chi connectivity index (χ4n) is 3.40. The molecule has 138 valence electrons. The van der Waals surface area contributed by atoms with Gasteiger partial charge in [-0.1, -0.05) is 65.7 Å². The molecule has 3 aromatic carbocycles. The Morgan fingerprint density at radius 2 is 1.26 bits per heavy atom. The van der Waals surface area contributed by atoms with Crippen molar-refractivity contribution in [1.29, 1.82) is 0 Å². The van der Waals surface area contributed by atoms with Gasteiger partial charge in [0, 0.05) is 24.5 Å². The molecule has 0 amide bonds. The maximum atomic E-state index is 14.7. The SMILES string of the molecule is Cc1ccc(P(=O)(c2ccc(C)cc2)c2cccc3c2OC(C)(C)O3)cc1. The van der Waals surface area contributed by atoms with Crippen LogP contribution in [0.4, 0.5) is 0 Å². The third-order valence-electron chi connectivity index (χ3n) is 4.80. The Morgan fingerprint density at radius 3 is 1.78 bits per heavy atom. The third-order valence-corrected chi connectivity index (χ3v) is 7.88. The summed E-state index contributed by atoms with van der Waals surface area (Å²) in [4.78, 5) is 0. The van der Waals surface area contributed by atoms with Gasteiger partial charge < -0.3 is 14.0 Å². The van der Waals surface area contributed by atoms with E-state index in [9.17, 15) is 4.57 Å². The highest BCUT2D eigenvalue weighted by Gasteiger charge is 2.40. The number of fused-ring (bicyclic) bond motifs is 1. The quantitative estimate of drug-likeness (QED) is 0.632. The van der Waals surface area contributed by atoms with Gasteiger partial charge in [-0.3, -0.25) is 0 Å². The van der Waals surface area contributed by atoms with E-state index < -0.39 is 12.9 Å². The lowest BCUT2D eigenvalue weighted by molar-refractivity contribution is -0.0427. The van der Waals surface area contributed by atoms with Gasteiger partial charge >= 0.3 is 0 Å². The lowest BCUT2D eigenvalue weighted by Gasteiger charge is -2.22. The van der Waals surface area contributed by atoms with Crippen molar-refractivity contribution in [3.63, 3.8) is 0 Å². The molecular weight excluding hydrogens is 355 g/mol. The second-order valence-electron chi connectivity index (χ2n) is 7.49. The average molecular weight is 378 g/mol. The highest BCUT2D eigenvalue weighted by Crippen LogP contribution is 2.50. The molecule has 27 heavy (non-hydrogen) atoms. The fraction of sp³-hybridized carbons (Fsp3) is 0.217. The molecule has 0 aromatic heterocycles. The van der Waals surface area contributed by atoms with Gasteiger partial charge in [-0.05, 0) is 26.0 Å². The van der Waals surface area contributed by atoms with Crippen molar-refractivity contribution >= 4 is 23.1 Å². The predicted octanol–water partition coefficient (Wildman–Crippen LogP) is 4.45. The zero-order chi connectivity index (χ0) is 19.2. The molecule has 0 bridgehead atoms. The molecular formula is C23H23O3P. The monoisotopic (exact) mass is 378 g/mol. The Morgan fingerprint density at radius 1 is 0.741 bits per heavy atom. The smallest absolute Gasteiger partial charge is 0.246 e. The van der Waals surface area contributed by atoms with Crippen molar-refractivity contribution in [2.24, 2.45) is 0 Å². The van der Waals surface area contributed by atoms with Crippen molar-refractivity contribution in [2.45, 2.75) is 33.5 Å². The Kier molecular flexibility index (Phi) is 4.16. The standard InChI is InChI=1S/C23H23O3P/c1-16-8-12-18(13-9-16)27(24,19-14-10-17(2)11-15-19)21-7-5-6-20-22(21)26-23(3,4)25-20/h5-15H,1-4H3. The molecule has 0 N–H and O–H groups in total. The number of rotatable bonds is 3. The van der Waals surface area contributed by atoms with Crippen LogP contribution in [0.3, 0.4) is 0 Å². The van der Waals surface area contributed by atoms with Crippen LogP contribution in [0.15, 0.2) is 66.7 Å². The van der Waals surface area contributed by atoms with Gasteiger partial charge in [-0.15, -0.1) is 0 Å². The van der Waals surface area contributed by atoms with Crippen LogP contribution in [0.2, 0.25) is 0 Å². The predicted molar refractivity (Wildman–Crippen MR) is 111 cm³/mol. The minimum atomic E-state index is -3.12. The van der Waals surface area contributed by atoms with E-state index in [0.717, 1.165) is 21.7 Å². The van der Waals surface area contributed by atoms with Gasteiger partial charge in [0.25, 0.3) is 0 Å². The van der Waals surface area contributed by atoms with Gasteiger partial charge in [-0.25, -0.2) is 0 Å². The molecule has 1 aliphatic rings. The van der Waals surface area contributed by atoms with Crippen molar-refractivity contribution in [3.8, 4) is 11.5 Å². The van der Waals surface area contributed by atoms with Gasteiger partial charge in [-0.2, -0.15) is 0 Å². The van der Waals surface area contributed by atoms with E-state index in [2.05, 4.69) is 0 Å². The number of hydrogen-bond donors (Lipinski definition) is 0. The van der Waals surface area contributed by atoms with Crippen LogP contribution >= 0.6 is 7.14 Å². The van der Waals surface area contributed by atoms with Crippen LogP contribution in [0.1, 0.15) is 25.0 Å². The number of hydrogen-bond acceptors (Lipinski definition) is 3. The Balaban J connectivity index is 1.99. The molecule has 0 spiro atoms. The summed E-state index contributed by atoms with van der Waals surface area (Å²) in [6, 6.07) is 21.5. The molecule has 1 aliphatic heterocycles. The molecule has 0 radical (unpaired) electrons. The molecule has 3 nitrogen and oxygen atoms in total. The largest absolute Gasteiger partial charge is 0.449 e. The van der Waals surface area contributed by atoms with Crippen LogP contribution in [0.5, 0.6) is 11.5 Å². The second-order valence-corrected chi connectivity index (χ2v) is 10.2. The van der Waals surface area contributed by atoms with E-state index >= 15 is 0 Å². The van der Waals surface area contributed by atoms with Gasteiger partial charge in [0.1, 0.15) is 0 Å². The minimum Gasteiger partial charge on any atom is -0.449 e. The molecule has 0 aliphatic carbocycles. The van der Waals surface area contributed by atoms with E-state index in [0.29, 0.717) is 16.8 Å². The van der Waals surface area contributed by atoms with Crippen LogP contribution in [-0.4, -0.2) is 5.79 Å². The van der Waals surface area contributed by atoms with Crippen LogP contribution in [-0.2, 0) is 4.57 Å². The second kappa shape index (κ2) is 6.28. The summed E-state index contributed by atoms with van der Waals surface area (Å²) < 4.78 is 26.6. The molecule has 3 aromatic rings. The van der Waals surface area contributed by atoms with Crippen LogP contribution in [0, 0.1) is 13.8 Å². The van der Waals surface area contributed by atoms with E-state index in [4.69, 9.17) is 9.47 Å². The van der Waals surface area contributed by atoms with Crippen molar-refractivity contribution < 1.29 is 14.0 Å². The summed E-state index contributed by atoms with van der Waals surface area (Å²) in [7, 11) is -3.12. The molecule has 0 saturated heterocycles. The first kappa shape index (κ1) is 17.9. The lowest BCUT2D eigenvalue weighted by Crippen LogP contribution is -2.31. The number of benzene rings is 3. The normalized spacial score (nSPS) is 15.0. The summed E-state index contributed by atoms with van der Waals surface area (Å²) in [6.45, 7) is 7.78. The van der Waals surface area contributed by atoms with Crippen molar-refractivity contribution in [1.82, 2.24) is 0 Å². The molecule has 0 saturated carbocycles. The summed E-state index contributed by atoms with van der Waals surface area (Å²) >= 11 is 0. The highest BCUT2D eigenvalue weighted by molar-refractivity contribution is 7.85. The van der Waals surface area contributed by atoms with Crippen LogP contribution in [0.25, 0.3) is 0 Å². The lowest BCUT2D eigenvalue weighted by atomic mass is 10.2. The van der Waals surface area contributed by atoms with E-state index in [1.807, 2.05) is 94.4 Å². The molecule has 1 heterocycles. The van der Waals surface area contributed by atoms with E-state index in [1.165, 1.54) is 0 Å². The summed E-state index contributed by atoms with van der Waals surface area (Å²) in [6.07, 6.45) is 0. The van der Waals surface area contributed by atoms with Crippen molar-refractivity contribution in [3.05, 3.63) is 77.9 Å². The maximum Gasteiger partial charge on any atom is 0.246 e. The summed E-state index contributed by atoms with van der Waals surface area (Å²) in [5, 5.41) is 2.26. The number of aryl methyl sites for hydroxylation is 2. The summed E-state index contributed by atoms with van der Waals surface area (Å²) in [5.74, 6) is 0.438. The summed E-state index contributed by atoms with van der Waals surface area (Å²) in [5.41, 5.74) is 2.27. The van der Waals surface area contributed by atoms with Gasteiger partial charge in [0.05, 0.1) is 5.30 Å². The molecule has 4 rings (SSSR count). The first-order valence-corrected chi connectivity index (χ1v) is 10.8. The molecule has 0 atom stereocenters. The van der Waals surface area contributed by atoms with Crippen LogP contribution < -0.4 is 25.4 Å². The highest BCUT2D eigenvalue weighted by atomic mass is 31.2. The van der Waals surface area contributed by atoms with Crippen molar-refractivity contribution in [2.75, 3.05) is 0 Å². The maximum absolute atomic E-state index is 14.7. The van der Waals surface area contributed by atoms with E-state index in [-0.39, 0.29) is 0 Å². The molecule has 0 fully saturated rings. The minimum absolute atomic E-state index is 0.576. The zero-order valence-electron chi connectivity index (χ0n) is 16.0. The first-order valence-electron chi connectivity index (χ1n) is 9.06. The van der Waals surface area contributed by atoms with E-state index in [1.54, 1.807) is 0 Å². The number of para-hydroxylation sites is 1. The Bertz CT molecular complexity index is 985. The first-order chi connectivity index (χ1) is 12.8. The van der Waals surface area contributed by atoms with Gasteiger partial charge in [0.15, 0.2) is 18.6 Å². The Labute approximate surface area is 160 Å². The Hall–Kier alpha value is -2.51. The van der Waals surface area contributed by atoms with Gasteiger partial charge in [0.2, 0.25) is 5.79 Å². The third kappa shape index (κ3) is 3.07. The molecule has 0 unspecified atom stereocenters. The molecule has 4 heteroatoms.